The molecule has 3 heteroatoms. The molecule has 0 rings (SSSR count). The second-order valence-electron chi connectivity index (χ2n) is 0.668. The van der Waals surface area contributed by atoms with Crippen molar-refractivity contribution in [2.45, 2.75) is 6.92 Å². The van der Waals surface area contributed by atoms with Gasteiger partial charge in [0.15, 0.2) is 6.16 Å². The Morgan fingerprint density at radius 2 is 1.86 bits per heavy atom. The van der Waals surface area contributed by atoms with Gasteiger partial charge in [-0.1, -0.05) is 0 Å². The average molecular weight is 121 g/mol. The number of hydrogen-bond acceptors (Lipinski definition) is 1. The highest BCUT2D eigenvalue weighted by molar-refractivity contribution is 7.37. The maximum atomic E-state index is 9.52. The van der Waals surface area contributed by atoms with Gasteiger partial charge in [-0.05, 0) is 11.5 Å². The molecule has 0 fully saturated rings. The Morgan fingerprint density at radius 3 is 1.86 bits per heavy atom. The van der Waals surface area contributed by atoms with E-state index in [4.69, 9.17) is 4.89 Å². The summed E-state index contributed by atoms with van der Waals surface area (Å²) in [5.41, 5.74) is 0. The van der Waals surface area contributed by atoms with Gasteiger partial charge in [0, 0.05) is 0 Å². The second-order valence-corrected chi connectivity index (χ2v) is 2.01. The van der Waals surface area contributed by atoms with E-state index in [9.17, 15) is 4.57 Å². The molecular weight excluding hydrogens is 111 g/mol. The molecule has 0 saturated carbocycles. The topological polar surface area (TPSA) is 37.3 Å². The molecule has 0 bridgehead atoms. The molecule has 2 nitrogen and oxygen atoms in total. The van der Waals surface area contributed by atoms with Gasteiger partial charge in [0.2, 0.25) is 0 Å². The lowest BCUT2D eigenvalue weighted by Crippen LogP contribution is -1.56. The van der Waals surface area contributed by atoms with E-state index in [2.05, 4.69) is 13.2 Å². The molecule has 1 N–H and O–H groups in total. The Morgan fingerprint density at radius 1 is 1.71 bits per heavy atom. The van der Waals surface area contributed by atoms with Crippen LogP contribution in [-0.2, 0) is 4.57 Å². The van der Waals surface area contributed by atoms with Gasteiger partial charge >= 0.3 is 8.03 Å². The Kier molecular flexibility index (Phi) is 13.1. The van der Waals surface area contributed by atoms with Crippen LogP contribution < -0.4 is 0 Å². The van der Waals surface area contributed by atoms with Crippen LogP contribution in [0.25, 0.3) is 0 Å². The zero-order valence-corrected chi connectivity index (χ0v) is 5.32. The molecule has 1 atom stereocenters. The smallest absolute Gasteiger partial charge is 0.161 e. The van der Waals surface area contributed by atoms with Gasteiger partial charge < -0.3 is 0 Å². The number of hydrogen-bond donors (Lipinski definition) is 1. The summed E-state index contributed by atoms with van der Waals surface area (Å²) in [6.07, 6.45) is 0.370. The Hall–Kier alpha value is -0.200. The summed E-state index contributed by atoms with van der Waals surface area (Å²) in [6.45, 7) is 7.67. The highest BCUT2D eigenvalue weighted by atomic mass is 31.1. The third kappa shape index (κ3) is 25.8. The van der Waals surface area contributed by atoms with Gasteiger partial charge in [-0.3, -0.25) is 0 Å². The van der Waals surface area contributed by atoms with E-state index >= 15 is 0 Å². The molecule has 0 spiro atoms. The van der Waals surface area contributed by atoms with Gasteiger partial charge in [-0.25, -0.2) is 0 Å². The van der Waals surface area contributed by atoms with Crippen LogP contribution in [0.3, 0.4) is 0 Å². The van der Waals surface area contributed by atoms with E-state index in [0.717, 1.165) is 0 Å². The van der Waals surface area contributed by atoms with Crippen LogP contribution in [0, 0.1) is 0 Å². The Balaban J connectivity index is 0. The molecule has 0 saturated heterocycles. The molecule has 0 aromatic rings. The molecule has 0 heterocycles. The molecule has 0 aromatic heterocycles. The first-order valence-corrected chi connectivity index (χ1v) is 3.30. The molecule has 0 aliphatic rings. The van der Waals surface area contributed by atoms with E-state index in [1.807, 2.05) is 0 Å². The minimum Gasteiger partial charge on any atom is -0.161 e. The zero-order chi connectivity index (χ0) is 6.28. The maximum Gasteiger partial charge on any atom is 0.505 e. The third-order valence-electron chi connectivity index (χ3n) is 0.271. The van der Waals surface area contributed by atoms with Gasteiger partial charge in [-0.15, -0.1) is 13.2 Å². The van der Waals surface area contributed by atoms with Crippen molar-refractivity contribution in [3.63, 3.8) is 0 Å². The summed E-state index contributed by atoms with van der Waals surface area (Å²) in [7, 11) is -1.85. The fourth-order valence-corrected chi connectivity index (χ4v) is 0. The van der Waals surface area contributed by atoms with Crippen LogP contribution >= 0.6 is 8.03 Å². The molecule has 42 valence electrons. The summed E-state index contributed by atoms with van der Waals surface area (Å²) in [6, 6.07) is 0. The quantitative estimate of drug-likeness (QED) is 0.422. The molecule has 0 aliphatic heterocycles. The minimum atomic E-state index is -1.85. The fraction of sp³-hybridized carbons (Fsp3) is 0.500. The molecule has 0 aromatic carbocycles. The molecule has 1 unspecified atom stereocenters. The van der Waals surface area contributed by atoms with Crippen molar-refractivity contribution in [3.05, 3.63) is 13.2 Å². The van der Waals surface area contributed by atoms with Crippen LogP contribution in [0.1, 0.15) is 6.92 Å². The first-order chi connectivity index (χ1) is 3.27. The SMILES string of the molecule is C=C.CC[P+](=O)O. The largest absolute Gasteiger partial charge is 0.505 e. The lowest BCUT2D eigenvalue weighted by Gasteiger charge is -1.53. The summed E-state index contributed by atoms with van der Waals surface area (Å²) >= 11 is 0. The van der Waals surface area contributed by atoms with Gasteiger partial charge in [0.25, 0.3) is 0 Å². The molecule has 0 radical (unpaired) electrons. The molecule has 0 aliphatic carbocycles. The van der Waals surface area contributed by atoms with E-state index in [1.165, 1.54) is 0 Å². The lowest BCUT2D eigenvalue weighted by molar-refractivity contribution is 0.504. The van der Waals surface area contributed by atoms with Crippen LogP contribution in [0.15, 0.2) is 13.2 Å². The molecule has 7 heavy (non-hydrogen) atoms. The summed E-state index contributed by atoms with van der Waals surface area (Å²) in [5, 5.41) is 0. The predicted molar refractivity (Wildman–Crippen MR) is 31.6 cm³/mol. The summed E-state index contributed by atoms with van der Waals surface area (Å²) < 4.78 is 9.52. The number of rotatable bonds is 1. The van der Waals surface area contributed by atoms with Gasteiger partial charge in [0.05, 0.1) is 0 Å². The van der Waals surface area contributed by atoms with Crippen molar-refractivity contribution in [1.29, 1.82) is 0 Å². The normalized spacial score (nSPS) is 8.57. The standard InChI is InChI=1S/C2H5O2P.C2H4/c1-2-5(3)4;1-2/h2H2,1H3;1-2H2/p+1. The fourth-order valence-electron chi connectivity index (χ4n) is 0. The molecule has 0 amide bonds. The highest BCUT2D eigenvalue weighted by Crippen LogP contribution is 2.08. The first-order valence-electron chi connectivity index (χ1n) is 1.91. The summed E-state index contributed by atoms with van der Waals surface area (Å²) in [4.78, 5) is 7.87. The van der Waals surface area contributed by atoms with Crippen molar-refractivity contribution in [3.8, 4) is 0 Å². The lowest BCUT2D eigenvalue weighted by atomic mass is 11.0. The van der Waals surface area contributed by atoms with Gasteiger partial charge in [0.1, 0.15) is 0 Å². The Labute approximate surface area is 44.7 Å². The van der Waals surface area contributed by atoms with Crippen molar-refractivity contribution in [1.82, 2.24) is 0 Å². The first kappa shape index (κ1) is 9.93. The van der Waals surface area contributed by atoms with Crippen molar-refractivity contribution < 1.29 is 9.46 Å². The van der Waals surface area contributed by atoms with E-state index in [0.29, 0.717) is 6.16 Å². The highest BCUT2D eigenvalue weighted by Gasteiger charge is 1.98. The van der Waals surface area contributed by atoms with E-state index in [-0.39, 0.29) is 0 Å². The predicted octanol–water partition coefficient (Wildman–Crippen LogP) is 1.54. The van der Waals surface area contributed by atoms with Crippen LogP contribution in [0.5, 0.6) is 0 Å². The minimum absolute atomic E-state index is 0.370. The zero-order valence-electron chi connectivity index (χ0n) is 4.42. The van der Waals surface area contributed by atoms with Crippen molar-refractivity contribution in [2.24, 2.45) is 0 Å². The third-order valence-corrected chi connectivity index (χ3v) is 0.812. The van der Waals surface area contributed by atoms with Crippen LogP contribution in [-0.4, -0.2) is 11.1 Å². The van der Waals surface area contributed by atoms with Gasteiger partial charge in [-0.2, -0.15) is 4.89 Å². The van der Waals surface area contributed by atoms with E-state index in [1.54, 1.807) is 6.92 Å². The maximum absolute atomic E-state index is 9.52. The Bertz CT molecular complexity index is 53.7. The van der Waals surface area contributed by atoms with Crippen molar-refractivity contribution >= 4 is 8.03 Å². The van der Waals surface area contributed by atoms with Crippen molar-refractivity contribution in [2.75, 3.05) is 6.16 Å². The monoisotopic (exact) mass is 121 g/mol. The average Bonchev–Trinajstić information content (AvgIpc) is 1.73. The van der Waals surface area contributed by atoms with Crippen LogP contribution in [0.4, 0.5) is 0 Å². The summed E-state index contributed by atoms with van der Waals surface area (Å²) in [5.74, 6) is 0. The second kappa shape index (κ2) is 9.25. The van der Waals surface area contributed by atoms with E-state index < -0.39 is 8.03 Å². The molecular formula is C4H10O2P+. The van der Waals surface area contributed by atoms with Crippen LogP contribution in [0.2, 0.25) is 0 Å².